The zero-order valence-electron chi connectivity index (χ0n) is 22.1. The Morgan fingerprint density at radius 2 is 1.46 bits per heavy atom. The summed E-state index contributed by atoms with van der Waals surface area (Å²) in [5.74, 6) is 1.21. The molecule has 0 bridgehead atoms. The van der Waals surface area contributed by atoms with E-state index in [4.69, 9.17) is 9.47 Å². The van der Waals surface area contributed by atoms with Gasteiger partial charge in [-0.2, -0.15) is 0 Å². The molecule has 0 aromatic heterocycles. The number of Topliss-reactive ketones (excluding diaryl/α,β-unsaturated/α-hetero) is 2. The topological polar surface area (TPSA) is 64.6 Å². The van der Waals surface area contributed by atoms with Crippen LogP contribution in [0.15, 0.2) is 47.3 Å². The number of dihydropyridines is 1. The zero-order valence-corrected chi connectivity index (χ0v) is 22.1. The van der Waals surface area contributed by atoms with Crippen LogP contribution in [-0.4, -0.2) is 24.8 Å². The fourth-order valence-electron chi connectivity index (χ4n) is 5.95. The summed E-state index contributed by atoms with van der Waals surface area (Å²) in [6, 6.07) is 4.06. The number of hydrogen-bond donors (Lipinski definition) is 1. The number of hydrogen-bond acceptors (Lipinski definition) is 5. The fourth-order valence-corrected chi connectivity index (χ4v) is 5.95. The van der Waals surface area contributed by atoms with E-state index in [0.717, 1.165) is 46.5 Å². The first-order chi connectivity index (χ1) is 16.5. The van der Waals surface area contributed by atoms with Crippen LogP contribution >= 0.6 is 0 Å². The van der Waals surface area contributed by atoms with Crippen LogP contribution < -0.4 is 14.8 Å². The van der Waals surface area contributed by atoms with Crippen molar-refractivity contribution in [3.05, 3.63) is 58.5 Å². The molecule has 0 radical (unpaired) electrons. The van der Waals surface area contributed by atoms with Gasteiger partial charge in [-0.15, -0.1) is 6.58 Å². The van der Waals surface area contributed by atoms with E-state index in [0.29, 0.717) is 44.0 Å². The van der Waals surface area contributed by atoms with Crippen molar-refractivity contribution in [2.75, 3.05) is 13.2 Å². The molecule has 5 nitrogen and oxygen atoms in total. The molecule has 5 heteroatoms. The Morgan fingerprint density at radius 3 is 1.94 bits per heavy atom. The molecule has 2 aliphatic carbocycles. The maximum Gasteiger partial charge on any atom is 0.164 e. The Bertz CT molecular complexity index is 1080. The number of nitrogens with one attached hydrogen (secondary N) is 1. The van der Waals surface area contributed by atoms with Gasteiger partial charge in [0, 0.05) is 46.9 Å². The van der Waals surface area contributed by atoms with Crippen molar-refractivity contribution in [2.45, 2.75) is 79.6 Å². The Labute approximate surface area is 209 Å². The molecule has 0 saturated heterocycles. The monoisotopic (exact) mass is 477 g/mol. The third-order valence-corrected chi connectivity index (χ3v) is 7.16. The molecule has 1 heterocycles. The highest BCUT2D eigenvalue weighted by Gasteiger charge is 2.46. The lowest BCUT2D eigenvalue weighted by atomic mass is 9.64. The molecule has 0 saturated carbocycles. The standard InChI is InChI=1S/C30H39NO4/c1-8-11-18-12-19(13-24(34-9-2)28(18)35-10-3)25-26-20(14-29(4,5)16-22(26)32)31-21-15-30(6,7)17-23(33)27(21)25/h8,12-13,25,31H,1,9-11,14-17H2,2-7H3. The summed E-state index contributed by atoms with van der Waals surface area (Å²) >= 11 is 0. The summed E-state index contributed by atoms with van der Waals surface area (Å²) in [5, 5.41) is 3.59. The number of rotatable bonds is 7. The fraction of sp³-hybridized carbons (Fsp3) is 0.533. The smallest absolute Gasteiger partial charge is 0.164 e. The van der Waals surface area contributed by atoms with Crippen LogP contribution in [0, 0.1) is 10.8 Å². The second kappa shape index (κ2) is 9.33. The molecule has 3 aliphatic rings. The zero-order chi connectivity index (χ0) is 25.5. The van der Waals surface area contributed by atoms with Crippen LogP contribution in [0.4, 0.5) is 0 Å². The van der Waals surface area contributed by atoms with Gasteiger partial charge >= 0.3 is 0 Å². The van der Waals surface area contributed by atoms with Gasteiger partial charge in [-0.3, -0.25) is 9.59 Å². The highest BCUT2D eigenvalue weighted by atomic mass is 16.5. The summed E-state index contributed by atoms with van der Waals surface area (Å²) in [5.41, 5.74) is 5.05. The molecule has 35 heavy (non-hydrogen) atoms. The highest BCUT2D eigenvalue weighted by Crippen LogP contribution is 2.52. The predicted octanol–water partition coefficient (Wildman–Crippen LogP) is 6.19. The lowest BCUT2D eigenvalue weighted by Crippen LogP contribution is -2.42. The second-order valence-corrected chi connectivity index (χ2v) is 11.6. The number of carbonyl (C=O) groups excluding carboxylic acids is 2. The molecule has 0 fully saturated rings. The minimum absolute atomic E-state index is 0.120. The van der Waals surface area contributed by atoms with Gasteiger partial charge in [-0.1, -0.05) is 39.8 Å². The van der Waals surface area contributed by atoms with Crippen molar-refractivity contribution in [3.8, 4) is 11.5 Å². The Morgan fingerprint density at radius 1 is 0.914 bits per heavy atom. The van der Waals surface area contributed by atoms with Gasteiger partial charge in [0.15, 0.2) is 23.1 Å². The molecule has 188 valence electrons. The molecule has 1 aliphatic heterocycles. The normalized spacial score (nSPS) is 21.3. The maximum absolute atomic E-state index is 13.6. The molecule has 1 N–H and O–H groups in total. The molecule has 0 unspecified atom stereocenters. The van der Waals surface area contributed by atoms with E-state index in [1.807, 2.05) is 26.0 Å². The van der Waals surface area contributed by atoms with Crippen molar-refractivity contribution in [3.63, 3.8) is 0 Å². The van der Waals surface area contributed by atoms with Crippen LogP contribution in [0.2, 0.25) is 0 Å². The van der Waals surface area contributed by atoms with E-state index < -0.39 is 5.92 Å². The van der Waals surface area contributed by atoms with Crippen molar-refractivity contribution in [1.29, 1.82) is 0 Å². The van der Waals surface area contributed by atoms with Crippen LogP contribution in [-0.2, 0) is 16.0 Å². The quantitative estimate of drug-likeness (QED) is 0.475. The van der Waals surface area contributed by atoms with Crippen molar-refractivity contribution < 1.29 is 19.1 Å². The third kappa shape index (κ3) is 4.82. The van der Waals surface area contributed by atoms with Crippen LogP contribution in [0.3, 0.4) is 0 Å². The average molecular weight is 478 g/mol. The summed E-state index contributed by atoms with van der Waals surface area (Å²) in [6.07, 6.45) is 4.96. The Balaban J connectivity index is 1.97. The molecule has 0 amide bonds. The average Bonchev–Trinajstić information content (AvgIpc) is 2.73. The maximum atomic E-state index is 13.6. The van der Waals surface area contributed by atoms with E-state index in [9.17, 15) is 9.59 Å². The molecule has 1 aromatic carbocycles. The number of allylic oxidation sites excluding steroid dienone is 5. The Kier molecular flexibility index (Phi) is 6.74. The first-order valence-corrected chi connectivity index (χ1v) is 12.8. The minimum atomic E-state index is -0.396. The lowest BCUT2D eigenvalue weighted by Gasteiger charge is -2.44. The first kappa shape index (κ1) is 25.3. The number of carbonyl (C=O) groups is 2. The van der Waals surface area contributed by atoms with E-state index in [1.54, 1.807) is 0 Å². The lowest BCUT2D eigenvalue weighted by molar-refractivity contribution is -0.119. The molecule has 0 spiro atoms. The minimum Gasteiger partial charge on any atom is -0.490 e. The predicted molar refractivity (Wildman–Crippen MR) is 139 cm³/mol. The van der Waals surface area contributed by atoms with Crippen molar-refractivity contribution >= 4 is 11.6 Å². The van der Waals surface area contributed by atoms with E-state index in [2.05, 4.69) is 45.7 Å². The van der Waals surface area contributed by atoms with Gasteiger partial charge in [-0.05, 0) is 55.6 Å². The van der Waals surface area contributed by atoms with E-state index >= 15 is 0 Å². The second-order valence-electron chi connectivity index (χ2n) is 11.6. The number of benzene rings is 1. The third-order valence-electron chi connectivity index (χ3n) is 7.16. The van der Waals surface area contributed by atoms with Crippen LogP contribution in [0.1, 0.15) is 84.3 Å². The molecule has 4 rings (SSSR count). The molecular weight excluding hydrogens is 438 g/mol. The van der Waals surface area contributed by atoms with Gasteiger partial charge < -0.3 is 14.8 Å². The summed E-state index contributed by atoms with van der Waals surface area (Å²) in [4.78, 5) is 27.2. The number of ketones is 2. The molecular formula is C30H39NO4. The van der Waals surface area contributed by atoms with Crippen LogP contribution in [0.5, 0.6) is 11.5 Å². The van der Waals surface area contributed by atoms with E-state index in [1.165, 1.54) is 0 Å². The van der Waals surface area contributed by atoms with Gasteiger partial charge in [0.1, 0.15) is 0 Å². The highest BCUT2D eigenvalue weighted by molar-refractivity contribution is 6.06. The van der Waals surface area contributed by atoms with Gasteiger partial charge in [0.25, 0.3) is 0 Å². The van der Waals surface area contributed by atoms with Crippen LogP contribution in [0.25, 0.3) is 0 Å². The van der Waals surface area contributed by atoms with Gasteiger partial charge in [-0.25, -0.2) is 0 Å². The summed E-state index contributed by atoms with van der Waals surface area (Å²) < 4.78 is 12.0. The Hall–Kier alpha value is -2.82. The number of ether oxygens (including phenoxy) is 2. The molecule has 0 atom stereocenters. The van der Waals surface area contributed by atoms with Gasteiger partial charge in [0.05, 0.1) is 13.2 Å². The summed E-state index contributed by atoms with van der Waals surface area (Å²) in [6.45, 7) is 17.4. The van der Waals surface area contributed by atoms with E-state index in [-0.39, 0.29) is 22.4 Å². The van der Waals surface area contributed by atoms with Crippen molar-refractivity contribution in [2.24, 2.45) is 10.8 Å². The van der Waals surface area contributed by atoms with Crippen molar-refractivity contribution in [1.82, 2.24) is 5.32 Å². The SMILES string of the molecule is C=CCc1cc(C2C3=C(CC(C)(C)CC3=O)NC3=C2C(=O)CC(C)(C)C3)cc(OCC)c1OCC. The van der Waals surface area contributed by atoms with Gasteiger partial charge in [0.2, 0.25) is 0 Å². The molecule has 1 aromatic rings. The largest absolute Gasteiger partial charge is 0.490 e. The first-order valence-electron chi connectivity index (χ1n) is 12.8. The summed E-state index contributed by atoms with van der Waals surface area (Å²) in [7, 11) is 0.